The number of hydrogen-bond acceptors (Lipinski definition) is 15. The lowest BCUT2D eigenvalue weighted by Gasteiger charge is -2.46. The first-order chi connectivity index (χ1) is 23.4. The first-order valence-corrected chi connectivity index (χ1v) is 15.3. The lowest BCUT2D eigenvalue weighted by atomic mass is 9.95. The zero-order chi connectivity index (χ0) is 34.6. The van der Waals surface area contributed by atoms with Crippen LogP contribution in [-0.4, -0.2) is 136 Å². The number of hydrogen-bond donors (Lipinski definition) is 10. The Morgan fingerprint density at radius 1 is 0.735 bits per heavy atom. The maximum atomic E-state index is 13.3. The van der Waals surface area contributed by atoms with Crippen LogP contribution in [0.2, 0.25) is 0 Å². The zero-order valence-corrected chi connectivity index (χ0v) is 25.1. The summed E-state index contributed by atoms with van der Waals surface area (Å²) in [4.78, 5) is 29.6. The minimum absolute atomic E-state index is 0.0389. The van der Waals surface area contributed by atoms with Crippen LogP contribution >= 0.6 is 0 Å². The Balaban J connectivity index is 1.32. The molecule has 3 aromatic carbocycles. The molecule has 17 nitrogen and oxygen atoms in total. The number of benzene rings is 3. The monoisotopic (exact) mass is 682 g/mol. The van der Waals surface area contributed by atoms with Gasteiger partial charge in [-0.05, 0) is 24.3 Å². The molecule has 5 heterocycles. The van der Waals surface area contributed by atoms with Crippen molar-refractivity contribution in [2.75, 3.05) is 13.2 Å². The largest absolute Gasteiger partial charge is 0.508 e. The number of carbonyl (C=O) groups is 2. The third-order valence-electron chi connectivity index (χ3n) is 9.58. The molecule has 3 aliphatic rings. The van der Waals surface area contributed by atoms with Crippen LogP contribution in [0, 0.1) is 0 Å². The van der Waals surface area contributed by atoms with Gasteiger partial charge in [-0.15, -0.1) is 0 Å². The van der Waals surface area contributed by atoms with Crippen LogP contribution < -0.4 is 0 Å². The maximum absolute atomic E-state index is 13.3. The summed E-state index contributed by atoms with van der Waals surface area (Å²) < 4.78 is 23.7. The molecule has 49 heavy (non-hydrogen) atoms. The van der Waals surface area contributed by atoms with Gasteiger partial charge in [0.2, 0.25) is 0 Å². The van der Waals surface area contributed by atoms with E-state index in [-0.39, 0.29) is 49.9 Å². The fourth-order valence-corrected chi connectivity index (χ4v) is 7.31. The second-order valence-electron chi connectivity index (χ2n) is 12.4. The number of aromatic nitrogens is 2. The Morgan fingerprint density at radius 3 is 2.08 bits per heavy atom. The van der Waals surface area contributed by atoms with Gasteiger partial charge in [0.05, 0.1) is 46.4 Å². The predicted molar refractivity (Wildman–Crippen MR) is 164 cm³/mol. The lowest BCUT2D eigenvalue weighted by Crippen LogP contribution is -2.63. The molecule has 3 aliphatic heterocycles. The Hall–Kier alpha value is -4.40. The summed E-state index contributed by atoms with van der Waals surface area (Å²) >= 11 is 0. The van der Waals surface area contributed by atoms with Gasteiger partial charge in [-0.3, -0.25) is 0 Å². The van der Waals surface area contributed by atoms with E-state index in [2.05, 4.69) is 4.98 Å². The van der Waals surface area contributed by atoms with E-state index in [4.69, 9.17) is 18.9 Å². The van der Waals surface area contributed by atoms with Crippen molar-refractivity contribution >= 4 is 55.6 Å². The highest BCUT2D eigenvalue weighted by Crippen LogP contribution is 2.48. The number of aromatic hydroxyl groups is 2. The normalized spacial score (nSPS) is 32.1. The Kier molecular flexibility index (Phi) is 7.36. The molecule has 17 heteroatoms. The zero-order valence-electron chi connectivity index (χ0n) is 25.1. The summed E-state index contributed by atoms with van der Waals surface area (Å²) in [5, 5.41) is 96.0. The van der Waals surface area contributed by atoms with Crippen molar-refractivity contribution in [2.45, 2.75) is 61.3 Å². The average molecular weight is 683 g/mol. The molecule has 0 unspecified atom stereocenters. The molecule has 10 atom stereocenters. The highest BCUT2D eigenvalue weighted by atomic mass is 16.7. The molecule has 0 amide bonds. The fraction of sp³-hybridized carbons (Fsp3) is 0.375. The van der Waals surface area contributed by atoms with E-state index in [1.165, 1.54) is 34.9 Å². The summed E-state index contributed by atoms with van der Waals surface area (Å²) in [6.07, 6.45) is -16.8. The molecule has 2 saturated heterocycles. The Morgan fingerprint density at radius 2 is 1.39 bits per heavy atom. The number of nitrogens with zero attached hydrogens (tertiary/aromatic N) is 1. The summed E-state index contributed by atoms with van der Waals surface area (Å²) in [7, 11) is 0. The summed E-state index contributed by atoms with van der Waals surface area (Å²) in [6, 6.07) is 8.50. The number of aromatic amines is 1. The first-order valence-electron chi connectivity index (χ1n) is 15.3. The standard InChI is InChI=1S/C32H30N2O15/c35-7-15-23(39)24(40)27(43)32(47-15)48-28-16(8-36)46-29(26(42)25(28)41)34-14-6-10(38)2-4-12(14)18-20-19(30(44)49-31(20)45)17-11-3-1-9(37)5-13(11)33-21(17)22(18)34/h1-6,15-16,23-29,32-33,35-43H,7-8H2/t15-,16-,23-,24+,25-,26-,27-,28-,29-,32-/m1/s1. The summed E-state index contributed by atoms with van der Waals surface area (Å²) in [5.74, 6) is -2.17. The average Bonchev–Trinajstić information content (AvgIpc) is 3.71. The second-order valence-corrected chi connectivity index (χ2v) is 12.4. The number of phenolic OH excluding ortho intramolecular Hbond substituents is 2. The van der Waals surface area contributed by atoms with Gasteiger partial charge < -0.3 is 74.5 Å². The van der Waals surface area contributed by atoms with Gasteiger partial charge in [-0.1, -0.05) is 0 Å². The number of aliphatic hydroxyl groups excluding tert-OH is 7. The maximum Gasteiger partial charge on any atom is 0.347 e. The number of phenols is 2. The Labute approximate surface area is 273 Å². The molecule has 258 valence electrons. The van der Waals surface area contributed by atoms with Gasteiger partial charge in [0.15, 0.2) is 12.5 Å². The van der Waals surface area contributed by atoms with Crippen LogP contribution in [-0.2, 0) is 18.9 Å². The number of ether oxygens (including phenoxy) is 4. The number of cyclic esters (lactones) is 2. The van der Waals surface area contributed by atoms with Gasteiger partial charge in [-0.2, -0.15) is 0 Å². The molecule has 0 aliphatic carbocycles. The number of fused-ring (bicyclic) bond motifs is 10. The van der Waals surface area contributed by atoms with Crippen LogP contribution in [0.5, 0.6) is 11.5 Å². The minimum Gasteiger partial charge on any atom is -0.508 e. The van der Waals surface area contributed by atoms with Crippen LogP contribution in [0.4, 0.5) is 0 Å². The third kappa shape index (κ3) is 4.49. The smallest absolute Gasteiger partial charge is 0.347 e. The highest BCUT2D eigenvalue weighted by Gasteiger charge is 2.51. The number of rotatable bonds is 5. The van der Waals surface area contributed by atoms with Crippen molar-refractivity contribution < 1.29 is 74.5 Å². The molecule has 0 saturated carbocycles. The second kappa shape index (κ2) is 11.3. The molecule has 0 bridgehead atoms. The molecule has 2 fully saturated rings. The van der Waals surface area contributed by atoms with Crippen molar-refractivity contribution in [1.29, 1.82) is 0 Å². The summed E-state index contributed by atoms with van der Waals surface area (Å²) in [6.45, 7) is -1.57. The van der Waals surface area contributed by atoms with Gasteiger partial charge >= 0.3 is 11.9 Å². The quantitative estimate of drug-likeness (QED) is 0.0782. The van der Waals surface area contributed by atoms with Crippen molar-refractivity contribution in [3.8, 4) is 11.5 Å². The molecule has 0 spiro atoms. The van der Waals surface area contributed by atoms with Crippen LogP contribution in [0.3, 0.4) is 0 Å². The van der Waals surface area contributed by atoms with E-state index in [1.807, 2.05) is 0 Å². The molecule has 2 aromatic heterocycles. The lowest BCUT2D eigenvalue weighted by molar-refractivity contribution is -0.346. The van der Waals surface area contributed by atoms with Crippen molar-refractivity contribution in [2.24, 2.45) is 0 Å². The van der Waals surface area contributed by atoms with E-state index in [0.29, 0.717) is 16.3 Å². The van der Waals surface area contributed by atoms with Crippen molar-refractivity contribution in [3.05, 3.63) is 47.5 Å². The topological polar surface area (TPSA) is 274 Å². The van der Waals surface area contributed by atoms with E-state index in [0.717, 1.165) is 0 Å². The van der Waals surface area contributed by atoms with E-state index in [1.54, 1.807) is 6.07 Å². The first kappa shape index (κ1) is 31.8. The van der Waals surface area contributed by atoms with E-state index >= 15 is 0 Å². The molecular weight excluding hydrogens is 652 g/mol. The molecular formula is C32H30N2O15. The number of carbonyl (C=O) groups excluding carboxylic acids is 2. The van der Waals surface area contributed by atoms with Crippen molar-refractivity contribution in [1.82, 2.24) is 9.55 Å². The van der Waals surface area contributed by atoms with Crippen LogP contribution in [0.25, 0.3) is 43.6 Å². The molecule has 8 rings (SSSR count). The molecule has 0 radical (unpaired) electrons. The summed E-state index contributed by atoms with van der Waals surface area (Å²) in [5.41, 5.74) is 0.856. The van der Waals surface area contributed by atoms with Crippen LogP contribution in [0.15, 0.2) is 36.4 Å². The van der Waals surface area contributed by atoms with E-state index < -0.39 is 86.5 Å². The Bertz CT molecular complexity index is 2170. The predicted octanol–water partition coefficient (Wildman–Crippen LogP) is -1.05. The molecule has 5 aromatic rings. The third-order valence-corrected chi connectivity index (χ3v) is 9.58. The van der Waals surface area contributed by atoms with E-state index in [9.17, 15) is 55.5 Å². The number of aliphatic hydroxyl groups is 7. The number of H-pyrrole nitrogens is 1. The number of nitrogens with one attached hydrogen (secondary N) is 1. The number of esters is 2. The highest BCUT2D eigenvalue weighted by molar-refractivity contribution is 6.36. The fourth-order valence-electron chi connectivity index (χ4n) is 7.31. The van der Waals surface area contributed by atoms with Gasteiger partial charge in [0.1, 0.15) is 60.3 Å². The van der Waals surface area contributed by atoms with Crippen LogP contribution in [0.1, 0.15) is 26.9 Å². The minimum atomic E-state index is -1.89. The van der Waals surface area contributed by atoms with Gasteiger partial charge in [0, 0.05) is 33.7 Å². The van der Waals surface area contributed by atoms with Gasteiger partial charge in [-0.25, -0.2) is 9.59 Å². The van der Waals surface area contributed by atoms with Crippen molar-refractivity contribution in [3.63, 3.8) is 0 Å². The van der Waals surface area contributed by atoms with Gasteiger partial charge in [0.25, 0.3) is 0 Å². The SMILES string of the molecule is O=C1OC(=O)c2c1c1c3ccc(O)cc3[nH]c1c1c2c2ccc(O)cc2n1[C@@H]1O[C@H](CO)[C@@H](O[C@H]2O[C@H](CO)[C@@H](O)[C@H](O)[C@H]2O)[C@H](O)[C@H]1O. The molecule has 10 N–H and O–H groups in total.